The molecule has 0 aliphatic carbocycles. The van der Waals surface area contributed by atoms with E-state index in [-0.39, 0.29) is 130 Å². The molecule has 10 aromatic rings. The fourth-order valence-corrected chi connectivity index (χ4v) is 8.34. The summed E-state index contributed by atoms with van der Waals surface area (Å²) in [6, 6.07) is 72.3. The number of unbranched alkanes of at least 4 members (excludes halogenated alkanes) is 2. The van der Waals surface area contributed by atoms with E-state index in [0.29, 0.717) is 41.5 Å². The van der Waals surface area contributed by atoms with Crippen LogP contribution in [0.1, 0.15) is 255 Å². The van der Waals surface area contributed by atoms with Crippen molar-refractivity contribution in [1.82, 2.24) is 0 Å². The van der Waals surface area contributed by atoms with Gasteiger partial charge in [0.25, 0.3) is 0 Å². The highest BCUT2D eigenvalue weighted by molar-refractivity contribution is 7.87. The van der Waals surface area contributed by atoms with Crippen molar-refractivity contribution in [2.45, 2.75) is 269 Å². The number of rotatable bonds is 19. The molecular formula is C106H180F10N10O13S2. The number of nitrogens with one attached hydrogen (secondary N) is 5. The molecule has 0 bridgehead atoms. The van der Waals surface area contributed by atoms with Crippen molar-refractivity contribution in [2.24, 2.45) is 0 Å². The van der Waals surface area contributed by atoms with Crippen molar-refractivity contribution in [3.05, 3.63) is 295 Å². The topological polar surface area (TPSA) is 376 Å². The molecule has 3 amide bonds. The maximum atomic E-state index is 13.5. The Balaban J connectivity index is -0.0000000808. The minimum absolute atomic E-state index is 0. The molecular weight excluding hydrogens is 1880 g/mol. The summed E-state index contributed by atoms with van der Waals surface area (Å²) in [4.78, 5) is 34.7. The first kappa shape index (κ1) is 168. The zero-order valence-corrected chi connectivity index (χ0v) is 79.2. The lowest BCUT2D eigenvalue weighted by molar-refractivity contribution is -0.0543. The first-order valence-electron chi connectivity index (χ1n) is 41.9. The number of anilines is 10. The van der Waals surface area contributed by atoms with E-state index in [9.17, 15) is 80.2 Å². The van der Waals surface area contributed by atoms with E-state index in [2.05, 4.69) is 76.5 Å². The van der Waals surface area contributed by atoms with Crippen LogP contribution in [0, 0.1) is 23.3 Å². The molecule has 0 radical (unpaired) electrons. The second-order valence-corrected chi connectivity index (χ2v) is 27.2. The van der Waals surface area contributed by atoms with Gasteiger partial charge in [0.15, 0.2) is 0 Å². The average molecular weight is 2060 g/mol. The molecule has 0 unspecified atom stereocenters. The number of hydrogen-bond donors (Lipinski definition) is 11. The minimum Gasteiger partial charge on any atom is -0.506 e. The number of nitrogen functional groups attached to an aromatic ring is 5. The van der Waals surface area contributed by atoms with Crippen LogP contribution in [-0.2, 0) is 62.6 Å². The molecule has 0 fully saturated rings. The van der Waals surface area contributed by atoms with Crippen LogP contribution < -0.4 is 55.3 Å². The Morgan fingerprint density at radius 1 is 0.319 bits per heavy atom. The van der Waals surface area contributed by atoms with Crippen molar-refractivity contribution < 1.29 is 103 Å². The summed E-state index contributed by atoms with van der Waals surface area (Å²) in [5, 5.41) is 22.5. The number of ether oxygens (including phenoxy) is 3. The summed E-state index contributed by atoms with van der Waals surface area (Å²) in [6.07, 6.45) is 4.62. The van der Waals surface area contributed by atoms with Crippen LogP contribution in [-0.4, -0.2) is 77.5 Å². The van der Waals surface area contributed by atoms with Crippen molar-refractivity contribution in [1.29, 1.82) is 0 Å². The Labute approximate surface area is 845 Å². The summed E-state index contributed by atoms with van der Waals surface area (Å²) in [6.45, 7) is 35.8. The second-order valence-electron chi connectivity index (χ2n) is 24.0. The number of phenolic OH excluding ortho intramolecular Hbond substituents is 1. The quantitative estimate of drug-likeness (QED) is 0.00894. The van der Waals surface area contributed by atoms with Gasteiger partial charge in [0, 0.05) is 53.3 Å². The Bertz CT molecular complexity index is 4520. The Morgan fingerprint density at radius 2 is 0.574 bits per heavy atom. The number of phenols is 1. The molecule has 0 atom stereocenters. The van der Waals surface area contributed by atoms with E-state index in [1.807, 2.05) is 251 Å². The summed E-state index contributed by atoms with van der Waals surface area (Å²) in [7, 11) is -10.7. The van der Waals surface area contributed by atoms with Crippen LogP contribution >= 0.6 is 0 Å². The van der Waals surface area contributed by atoms with Gasteiger partial charge >= 0.3 is 49.5 Å². The van der Waals surface area contributed by atoms with Gasteiger partial charge in [-0.15, -0.1) is 0 Å². The molecule has 0 aliphatic rings. The van der Waals surface area contributed by atoms with Crippen molar-refractivity contribution in [3.8, 4) is 5.75 Å². The number of aromatic hydroxyl groups is 1. The summed E-state index contributed by atoms with van der Waals surface area (Å²) in [5.74, 6) is -2.08. The highest BCUT2D eigenvalue weighted by atomic mass is 32.2. The Hall–Kier alpha value is -12.5. The Kier molecular flexibility index (Phi) is 127. The first-order chi connectivity index (χ1) is 61.8. The summed E-state index contributed by atoms with van der Waals surface area (Å²) in [5.41, 5.74) is 23.7. The fourth-order valence-electron chi connectivity index (χ4n) is 7.46. The lowest BCUT2D eigenvalue weighted by Crippen LogP contribution is -2.25. The molecule has 0 aliphatic heterocycles. The SMILES string of the molecule is C.C.C.C.C.C.C.C.C.C.C.CC.CC.CC.CC.CCC.CCCC.CCCC.CCNc1cc(N)ccc1F.CCNc1cc(NC(=O)OCc2ccccc2)ccc1F.CCOS(=O)(=O)C(F)(F)F.CCOS(=O)(=O)C(F)(F)F.Nc1cc(NC(=O)OCc2ccccc2)ccc1F.Nc1ccccc1.Nc1ccccc1.Nc1ccccc1.O=C(Nc1ccc(F)cc1O)OCc1ccccc1. The molecule has 0 heterocycles. The normalized spacial score (nSPS) is 8.85. The van der Waals surface area contributed by atoms with Gasteiger partial charge in [0.2, 0.25) is 0 Å². The van der Waals surface area contributed by atoms with Crippen LogP contribution in [0.3, 0.4) is 0 Å². The number of benzene rings is 10. The van der Waals surface area contributed by atoms with Crippen molar-refractivity contribution >= 4 is 95.4 Å². The number of carbonyl (C=O) groups excluding carboxylic acids is 3. The molecule has 10 aromatic carbocycles. The van der Waals surface area contributed by atoms with Crippen LogP contribution in [0.2, 0.25) is 0 Å². The minimum atomic E-state index is -5.35. The molecule has 814 valence electrons. The average Bonchev–Trinajstić information content (AvgIpc) is 0.881. The molecule has 0 saturated carbocycles. The highest BCUT2D eigenvalue weighted by Crippen LogP contribution is 2.27. The van der Waals surface area contributed by atoms with Gasteiger partial charge < -0.3 is 58.6 Å². The number of alkyl halides is 6. The third-order valence-corrected chi connectivity index (χ3v) is 15.8. The first-order valence-corrected chi connectivity index (χ1v) is 44.7. The summed E-state index contributed by atoms with van der Waals surface area (Å²) < 4.78 is 181. The number of nitrogens with two attached hydrogens (primary N) is 5. The van der Waals surface area contributed by atoms with Gasteiger partial charge in [-0.1, -0.05) is 356 Å². The highest BCUT2D eigenvalue weighted by Gasteiger charge is 2.47. The molecule has 16 N–H and O–H groups in total. The maximum absolute atomic E-state index is 13.5. The lowest BCUT2D eigenvalue weighted by atomic mass is 10.2. The molecule has 141 heavy (non-hydrogen) atoms. The van der Waals surface area contributed by atoms with Crippen LogP contribution in [0.15, 0.2) is 255 Å². The van der Waals surface area contributed by atoms with Gasteiger partial charge in [-0.2, -0.15) is 43.2 Å². The van der Waals surface area contributed by atoms with E-state index in [1.165, 1.54) is 86.7 Å². The zero-order chi connectivity index (χ0) is 100. The Morgan fingerprint density at radius 3 is 0.809 bits per heavy atom. The predicted octanol–water partition coefficient (Wildman–Crippen LogP) is 34.0. The third-order valence-electron chi connectivity index (χ3n) is 13.5. The second kappa shape index (κ2) is 106. The monoisotopic (exact) mass is 2060 g/mol. The van der Waals surface area contributed by atoms with Crippen LogP contribution in [0.5, 0.6) is 5.75 Å². The molecule has 0 aromatic heterocycles. The predicted molar refractivity (Wildman–Crippen MR) is 587 cm³/mol. The fraction of sp³-hybridized carbons (Fsp3) is 0.406. The standard InChI is InChI=1S/C16H17FN2O2.C14H13FN2O2.C14H12FNO3.C8H11FN2.3C6H7N.2C4H10.2C3H5F3O3S.C3H8.4C2H6.11CH4/c1-2-18-15-10-13(8-9-14(15)17)19-16(20)21-11-12-6-4-3-5-7-12;15-12-7-6-11(8-13(12)16)17-14(18)19-9-10-4-2-1-3-5-10;15-11-6-7-12(13(17)8-11)16-14(18)19-9-10-4-2-1-3-5-10;1-2-11-8-5-6(10)3-4-7(8)9;3*7-6-4-2-1-3-5-6;2*1-3-4-2;2*1-2-9-10(7,8)3(4,5)6;1-3-2;4*1-2;;;;;;;;;;;/h3-10,18H,2,11H2,1H3,(H,19,20);1-8H,9,16H2,(H,17,18);1-8,17H,9H2,(H,16,18);3-5,11H,2,10H2,1H3;3*1-5H,7H2;2*3-4H2,1-2H3;2*2H2,1H3;3H2,1-2H3;4*1-2H3;11*1H4. The van der Waals surface area contributed by atoms with Crippen LogP contribution in [0.25, 0.3) is 0 Å². The van der Waals surface area contributed by atoms with Gasteiger partial charge in [-0.3, -0.25) is 24.3 Å². The smallest absolute Gasteiger partial charge is 0.506 e. The zero-order valence-electron chi connectivity index (χ0n) is 77.6. The molecule has 0 saturated heterocycles. The molecule has 23 nitrogen and oxygen atoms in total. The molecule has 10 rings (SSSR count). The van der Waals surface area contributed by atoms with E-state index >= 15 is 0 Å². The largest absolute Gasteiger partial charge is 0.523 e. The molecule has 0 spiro atoms. The van der Waals surface area contributed by atoms with Gasteiger partial charge in [0.1, 0.15) is 48.8 Å². The van der Waals surface area contributed by atoms with E-state index in [0.717, 1.165) is 59.7 Å². The lowest BCUT2D eigenvalue weighted by Gasteiger charge is -2.10. The number of amides is 3. The van der Waals surface area contributed by atoms with Gasteiger partial charge in [0.05, 0.1) is 36.0 Å². The number of para-hydroxylation sites is 3. The van der Waals surface area contributed by atoms with E-state index < -0.39 is 74.4 Å². The number of carbonyl (C=O) groups is 3. The van der Waals surface area contributed by atoms with Gasteiger partial charge in [-0.05, 0) is 148 Å². The van der Waals surface area contributed by atoms with Crippen molar-refractivity contribution in [3.63, 3.8) is 0 Å². The summed E-state index contributed by atoms with van der Waals surface area (Å²) >= 11 is 0. The van der Waals surface area contributed by atoms with Crippen molar-refractivity contribution in [2.75, 3.05) is 81.6 Å². The van der Waals surface area contributed by atoms with E-state index in [1.54, 1.807) is 6.07 Å². The third kappa shape index (κ3) is 91.1. The maximum Gasteiger partial charge on any atom is 0.523 e. The number of hydrogen-bond acceptors (Lipinski definition) is 20. The van der Waals surface area contributed by atoms with E-state index in [4.69, 9.17) is 42.9 Å². The van der Waals surface area contributed by atoms with Crippen LogP contribution in [0.4, 0.5) is 115 Å². The van der Waals surface area contributed by atoms with Gasteiger partial charge in [-0.25, -0.2) is 31.9 Å². The molecule has 35 heteroatoms. The number of halogens is 10.